The van der Waals surface area contributed by atoms with Crippen molar-refractivity contribution in [3.63, 3.8) is 0 Å². The van der Waals surface area contributed by atoms with Crippen LogP contribution in [0.15, 0.2) is 79.0 Å². The van der Waals surface area contributed by atoms with Crippen molar-refractivity contribution >= 4 is 11.9 Å². The molecular weight excluding hydrogens is 356 g/mol. The second-order valence-corrected chi connectivity index (χ2v) is 6.21. The first-order valence-corrected chi connectivity index (χ1v) is 8.82. The van der Waals surface area contributed by atoms with Crippen LogP contribution in [0, 0.1) is 0 Å². The van der Waals surface area contributed by atoms with Crippen LogP contribution in [0.1, 0.15) is 21.6 Å². The van der Waals surface area contributed by atoms with Crippen molar-refractivity contribution in [3.05, 3.63) is 95.8 Å². The smallest absolute Gasteiger partial charge is 0.326 e. The topological polar surface area (TPSA) is 88.5 Å². The summed E-state index contributed by atoms with van der Waals surface area (Å²) in [7, 11) is 0. The van der Waals surface area contributed by atoms with Crippen LogP contribution in [0.25, 0.3) is 0 Å². The number of carbonyl (C=O) groups is 2. The minimum Gasteiger partial charge on any atom is -0.489 e. The van der Waals surface area contributed by atoms with Crippen molar-refractivity contribution < 1.29 is 19.4 Å². The average molecular weight is 376 g/mol. The summed E-state index contributed by atoms with van der Waals surface area (Å²) < 4.78 is 5.78. The van der Waals surface area contributed by atoms with Crippen LogP contribution in [-0.2, 0) is 17.8 Å². The van der Waals surface area contributed by atoms with Gasteiger partial charge in [0.15, 0.2) is 0 Å². The maximum atomic E-state index is 12.2. The Morgan fingerprint density at radius 3 is 2.43 bits per heavy atom. The fraction of sp³-hybridized carbons (Fsp3) is 0.136. The number of rotatable bonds is 8. The van der Waals surface area contributed by atoms with Crippen LogP contribution in [0.3, 0.4) is 0 Å². The number of amides is 1. The number of hydrogen-bond donors (Lipinski definition) is 2. The largest absolute Gasteiger partial charge is 0.489 e. The molecule has 1 amide bonds. The minimum absolute atomic E-state index is 0.135. The monoisotopic (exact) mass is 376 g/mol. The Hall–Kier alpha value is -3.67. The molecule has 0 fully saturated rings. The number of hydrogen-bond acceptors (Lipinski definition) is 4. The standard InChI is InChI=1S/C22H20N2O4/c25-21(19-11-4-5-12-23-19)24-20(22(26)27)14-17-9-6-10-18(13-17)28-15-16-7-2-1-3-8-16/h1-13,20H,14-15H2,(H,24,25)(H,26,27)/t20-/m0/s1. The lowest BCUT2D eigenvalue weighted by Crippen LogP contribution is -2.42. The fourth-order valence-corrected chi connectivity index (χ4v) is 2.67. The molecule has 0 saturated carbocycles. The van der Waals surface area contributed by atoms with Crippen molar-refractivity contribution in [3.8, 4) is 5.75 Å². The molecule has 2 aromatic carbocycles. The van der Waals surface area contributed by atoms with E-state index in [1.165, 1.54) is 12.3 Å². The molecule has 6 heteroatoms. The summed E-state index contributed by atoms with van der Waals surface area (Å²) in [6.45, 7) is 0.420. The van der Waals surface area contributed by atoms with Crippen LogP contribution < -0.4 is 10.1 Å². The number of pyridine rings is 1. The summed E-state index contributed by atoms with van der Waals surface area (Å²) in [4.78, 5) is 27.8. The summed E-state index contributed by atoms with van der Waals surface area (Å²) in [5, 5.41) is 12.0. The van der Waals surface area contributed by atoms with Crippen LogP contribution in [0.5, 0.6) is 5.75 Å². The highest BCUT2D eigenvalue weighted by Gasteiger charge is 2.21. The average Bonchev–Trinajstić information content (AvgIpc) is 2.73. The van der Waals surface area contributed by atoms with Gasteiger partial charge in [-0.05, 0) is 35.4 Å². The molecule has 1 atom stereocenters. The SMILES string of the molecule is O=C(N[C@@H](Cc1cccc(OCc2ccccc2)c1)C(=O)O)c1ccccn1. The third kappa shape index (κ3) is 5.41. The Morgan fingerprint density at radius 2 is 1.71 bits per heavy atom. The maximum absolute atomic E-state index is 12.2. The third-order valence-electron chi connectivity index (χ3n) is 4.09. The van der Waals surface area contributed by atoms with Gasteiger partial charge < -0.3 is 15.2 Å². The molecule has 0 radical (unpaired) electrons. The molecule has 0 bridgehead atoms. The van der Waals surface area contributed by atoms with Crippen molar-refractivity contribution in [2.45, 2.75) is 19.1 Å². The zero-order valence-electron chi connectivity index (χ0n) is 15.1. The molecule has 142 valence electrons. The molecule has 28 heavy (non-hydrogen) atoms. The van der Waals surface area contributed by atoms with Crippen molar-refractivity contribution in [2.24, 2.45) is 0 Å². The van der Waals surface area contributed by atoms with E-state index >= 15 is 0 Å². The van der Waals surface area contributed by atoms with Gasteiger partial charge >= 0.3 is 5.97 Å². The lowest BCUT2D eigenvalue weighted by molar-refractivity contribution is -0.139. The normalized spacial score (nSPS) is 11.4. The van der Waals surface area contributed by atoms with Crippen molar-refractivity contribution in [1.82, 2.24) is 10.3 Å². The first-order chi connectivity index (χ1) is 13.6. The third-order valence-corrected chi connectivity index (χ3v) is 4.09. The van der Waals surface area contributed by atoms with Crippen LogP contribution in [0.4, 0.5) is 0 Å². The summed E-state index contributed by atoms with van der Waals surface area (Å²) in [5.74, 6) is -0.995. The molecule has 6 nitrogen and oxygen atoms in total. The highest BCUT2D eigenvalue weighted by Crippen LogP contribution is 2.17. The quantitative estimate of drug-likeness (QED) is 0.631. The number of ether oxygens (including phenoxy) is 1. The van der Waals surface area contributed by atoms with E-state index in [2.05, 4.69) is 10.3 Å². The van der Waals surface area contributed by atoms with Crippen molar-refractivity contribution in [2.75, 3.05) is 0 Å². The zero-order chi connectivity index (χ0) is 19.8. The predicted octanol–water partition coefficient (Wildman–Crippen LogP) is 3.09. The lowest BCUT2D eigenvalue weighted by Gasteiger charge is -2.15. The van der Waals surface area contributed by atoms with E-state index in [-0.39, 0.29) is 12.1 Å². The number of aliphatic carboxylic acids is 1. The number of aromatic nitrogens is 1. The van der Waals surface area contributed by atoms with Gasteiger partial charge in [-0.25, -0.2) is 4.79 Å². The summed E-state index contributed by atoms with van der Waals surface area (Å²) >= 11 is 0. The van der Waals surface area contributed by atoms with Gasteiger partial charge in [0.2, 0.25) is 0 Å². The zero-order valence-corrected chi connectivity index (χ0v) is 15.1. The van der Waals surface area contributed by atoms with E-state index in [1.54, 1.807) is 30.3 Å². The number of nitrogens with zero attached hydrogens (tertiary/aromatic N) is 1. The van der Waals surface area contributed by atoms with Gasteiger partial charge in [0.05, 0.1) is 0 Å². The number of carboxylic acid groups (broad SMARTS) is 1. The second-order valence-electron chi connectivity index (χ2n) is 6.21. The van der Waals surface area contributed by atoms with Gasteiger partial charge in [0.25, 0.3) is 5.91 Å². The van der Waals surface area contributed by atoms with Gasteiger partial charge in [-0.15, -0.1) is 0 Å². The number of carboxylic acids is 1. The summed E-state index contributed by atoms with van der Waals surface area (Å²) in [6.07, 6.45) is 1.62. The number of benzene rings is 2. The molecule has 0 aliphatic heterocycles. The van der Waals surface area contributed by atoms with Crippen LogP contribution in [0.2, 0.25) is 0 Å². The Balaban J connectivity index is 1.64. The first-order valence-electron chi connectivity index (χ1n) is 8.82. The number of carbonyl (C=O) groups excluding carboxylic acids is 1. The van der Waals surface area contributed by atoms with E-state index < -0.39 is 17.9 Å². The molecule has 3 rings (SSSR count). The van der Waals surface area contributed by atoms with Gasteiger partial charge in [-0.2, -0.15) is 0 Å². The van der Waals surface area contributed by atoms with Crippen molar-refractivity contribution in [1.29, 1.82) is 0 Å². The van der Waals surface area contributed by atoms with E-state index in [1.807, 2.05) is 36.4 Å². The van der Waals surface area contributed by atoms with Gasteiger partial charge in [0.1, 0.15) is 24.1 Å². The summed E-state index contributed by atoms with van der Waals surface area (Å²) in [5.41, 5.74) is 1.96. The molecule has 1 aromatic heterocycles. The van der Waals surface area contributed by atoms with Crippen LogP contribution in [-0.4, -0.2) is 28.0 Å². The predicted molar refractivity (Wildman–Crippen MR) is 104 cm³/mol. The van der Waals surface area contributed by atoms with Gasteiger partial charge in [0, 0.05) is 12.6 Å². The molecule has 0 aliphatic rings. The maximum Gasteiger partial charge on any atom is 0.326 e. The molecule has 0 aliphatic carbocycles. The Kier molecular flexibility index (Phi) is 6.36. The van der Waals surface area contributed by atoms with E-state index in [0.717, 1.165) is 11.1 Å². The second kappa shape index (κ2) is 9.32. The number of nitrogens with one attached hydrogen (secondary N) is 1. The highest BCUT2D eigenvalue weighted by atomic mass is 16.5. The highest BCUT2D eigenvalue weighted by molar-refractivity contribution is 5.94. The van der Waals surface area contributed by atoms with Gasteiger partial charge in [-0.3, -0.25) is 9.78 Å². The molecule has 0 spiro atoms. The van der Waals surface area contributed by atoms with Crippen LogP contribution >= 0.6 is 0 Å². The van der Waals surface area contributed by atoms with E-state index in [0.29, 0.717) is 12.4 Å². The van der Waals surface area contributed by atoms with E-state index in [4.69, 9.17) is 4.74 Å². The molecule has 2 N–H and O–H groups in total. The Labute approximate surface area is 162 Å². The first kappa shape index (κ1) is 19.1. The van der Waals surface area contributed by atoms with Gasteiger partial charge in [-0.1, -0.05) is 48.5 Å². The minimum atomic E-state index is -1.11. The molecular formula is C22H20N2O4. The molecule has 0 unspecified atom stereocenters. The molecule has 1 heterocycles. The molecule has 3 aromatic rings. The summed E-state index contributed by atoms with van der Waals surface area (Å²) in [6, 6.07) is 20.8. The lowest BCUT2D eigenvalue weighted by atomic mass is 10.1. The van der Waals surface area contributed by atoms with E-state index in [9.17, 15) is 14.7 Å². The fourth-order valence-electron chi connectivity index (χ4n) is 2.67. The Bertz CT molecular complexity index is 930. The molecule has 0 saturated heterocycles. The Morgan fingerprint density at radius 1 is 0.964 bits per heavy atom.